The molecule has 0 radical (unpaired) electrons. The number of ether oxygens (including phenoxy) is 2. The fourth-order valence-corrected chi connectivity index (χ4v) is 2.86. The van der Waals surface area contributed by atoms with Gasteiger partial charge < -0.3 is 14.6 Å². The molecule has 164 valence electrons. The Hall–Kier alpha value is -3.67. The quantitative estimate of drug-likeness (QED) is 0.547. The van der Waals surface area contributed by atoms with E-state index in [9.17, 15) is 33.2 Å². The number of methoxy groups -OCH3 is 1. The lowest BCUT2D eigenvalue weighted by molar-refractivity contribution is -0.384. The maximum absolute atomic E-state index is 13.6. The molecule has 1 heterocycles. The number of benzene rings is 2. The molecule has 0 spiro atoms. The van der Waals surface area contributed by atoms with Gasteiger partial charge in [-0.1, -0.05) is 12.1 Å². The van der Waals surface area contributed by atoms with E-state index >= 15 is 0 Å². The second kappa shape index (κ2) is 8.22. The molecule has 0 saturated carbocycles. The van der Waals surface area contributed by atoms with Gasteiger partial charge in [-0.2, -0.15) is 23.3 Å². The van der Waals surface area contributed by atoms with Crippen LogP contribution >= 0.6 is 0 Å². The average Bonchev–Trinajstić information content (AvgIpc) is 3.11. The van der Waals surface area contributed by atoms with Gasteiger partial charge in [0.15, 0.2) is 6.61 Å². The van der Waals surface area contributed by atoms with E-state index in [0.29, 0.717) is 5.75 Å². The van der Waals surface area contributed by atoms with Crippen molar-refractivity contribution in [2.45, 2.75) is 18.3 Å². The molecule has 1 aliphatic rings. The first-order valence-electron chi connectivity index (χ1n) is 8.76. The zero-order chi connectivity index (χ0) is 22.8. The Balaban J connectivity index is 1.83. The van der Waals surface area contributed by atoms with Crippen LogP contribution in [0.4, 0.5) is 18.9 Å². The first-order chi connectivity index (χ1) is 14.5. The molecule has 1 atom stereocenters. The van der Waals surface area contributed by atoms with Crippen molar-refractivity contribution in [3.05, 3.63) is 64.2 Å². The summed E-state index contributed by atoms with van der Waals surface area (Å²) < 4.78 is 51.0. The van der Waals surface area contributed by atoms with Crippen LogP contribution < -0.4 is 9.47 Å². The number of carbonyl (C=O) groups is 1. The predicted molar refractivity (Wildman–Crippen MR) is 101 cm³/mol. The van der Waals surface area contributed by atoms with Crippen LogP contribution in [0.2, 0.25) is 0 Å². The number of nitro benzene ring substituents is 1. The van der Waals surface area contributed by atoms with E-state index in [2.05, 4.69) is 5.10 Å². The van der Waals surface area contributed by atoms with Crippen LogP contribution in [-0.2, 0) is 4.79 Å². The number of hydrazone groups is 1. The zero-order valence-corrected chi connectivity index (χ0v) is 16.0. The van der Waals surface area contributed by atoms with E-state index in [0.717, 1.165) is 12.1 Å². The number of non-ortho nitro benzene ring substituents is 1. The first kappa shape index (κ1) is 22.0. The van der Waals surface area contributed by atoms with Gasteiger partial charge in [0.1, 0.15) is 11.5 Å². The number of amides is 1. The summed E-state index contributed by atoms with van der Waals surface area (Å²) in [6.45, 7) is -0.884. The van der Waals surface area contributed by atoms with E-state index in [1.165, 1.54) is 37.4 Å². The number of alkyl halides is 3. The minimum atomic E-state index is -5.19. The van der Waals surface area contributed by atoms with Gasteiger partial charge in [0.2, 0.25) is 0 Å². The number of aliphatic hydroxyl groups is 1. The molecule has 2 aromatic rings. The van der Waals surface area contributed by atoms with Gasteiger partial charge in [-0.25, -0.2) is 0 Å². The van der Waals surface area contributed by atoms with Crippen molar-refractivity contribution in [2.24, 2.45) is 5.10 Å². The Bertz CT molecular complexity index is 1030. The molecule has 2 aromatic carbocycles. The summed E-state index contributed by atoms with van der Waals surface area (Å²) in [5.41, 5.74) is -3.70. The standard InChI is InChI=1S/C19H16F3N3O6/c1-30-15-4-2-3-12(9-15)16-10-18(27,19(20,21)22)24(23-16)17(26)11-31-14-7-5-13(6-8-14)25(28)29/h2-9,27H,10-11H2,1H3/t18-/m1/s1. The van der Waals surface area contributed by atoms with Crippen LogP contribution in [0.25, 0.3) is 0 Å². The molecule has 0 aromatic heterocycles. The van der Waals surface area contributed by atoms with Crippen molar-refractivity contribution in [3.63, 3.8) is 0 Å². The Morgan fingerprint density at radius 3 is 2.52 bits per heavy atom. The van der Waals surface area contributed by atoms with E-state index in [4.69, 9.17) is 9.47 Å². The highest BCUT2D eigenvalue weighted by Crippen LogP contribution is 2.41. The summed E-state index contributed by atoms with van der Waals surface area (Å²) >= 11 is 0. The Labute approximate surface area is 173 Å². The fourth-order valence-electron chi connectivity index (χ4n) is 2.86. The summed E-state index contributed by atoms with van der Waals surface area (Å²) in [6, 6.07) is 10.6. The van der Waals surface area contributed by atoms with E-state index < -0.39 is 35.8 Å². The van der Waals surface area contributed by atoms with Crippen LogP contribution in [0, 0.1) is 10.1 Å². The fraction of sp³-hybridized carbons (Fsp3) is 0.263. The van der Waals surface area contributed by atoms with Crippen LogP contribution in [-0.4, -0.2) is 52.3 Å². The minimum absolute atomic E-state index is 0.0192. The molecular weight excluding hydrogens is 423 g/mol. The first-order valence-corrected chi connectivity index (χ1v) is 8.76. The number of hydrogen-bond acceptors (Lipinski definition) is 7. The summed E-state index contributed by atoms with van der Waals surface area (Å²) in [5, 5.41) is 24.6. The maximum Gasteiger partial charge on any atom is 0.438 e. The molecule has 12 heteroatoms. The third kappa shape index (κ3) is 4.43. The highest BCUT2D eigenvalue weighted by molar-refractivity contribution is 6.03. The minimum Gasteiger partial charge on any atom is -0.497 e. The Kier molecular flexibility index (Phi) is 5.84. The summed E-state index contributed by atoms with van der Waals surface area (Å²) in [6.07, 6.45) is -6.17. The van der Waals surface area contributed by atoms with Crippen molar-refractivity contribution in [3.8, 4) is 11.5 Å². The van der Waals surface area contributed by atoms with Crippen molar-refractivity contribution in [2.75, 3.05) is 13.7 Å². The Morgan fingerprint density at radius 1 is 1.26 bits per heavy atom. The SMILES string of the molecule is COc1cccc(C2=NN(C(=O)COc3ccc([N+](=O)[O-])cc3)[C@](O)(C(F)(F)F)C2)c1. The third-order valence-electron chi connectivity index (χ3n) is 4.49. The monoisotopic (exact) mass is 439 g/mol. The Morgan fingerprint density at radius 2 is 1.94 bits per heavy atom. The highest BCUT2D eigenvalue weighted by atomic mass is 19.4. The molecule has 9 nitrogen and oxygen atoms in total. The van der Waals surface area contributed by atoms with Gasteiger partial charge >= 0.3 is 6.18 Å². The smallest absolute Gasteiger partial charge is 0.438 e. The number of nitrogens with zero attached hydrogens (tertiary/aromatic N) is 3. The molecule has 0 saturated heterocycles. The van der Waals surface area contributed by atoms with Gasteiger partial charge in [0.05, 0.1) is 24.2 Å². The van der Waals surface area contributed by atoms with Crippen LogP contribution in [0.3, 0.4) is 0 Å². The topological polar surface area (TPSA) is 114 Å². The van der Waals surface area contributed by atoms with E-state index in [1.54, 1.807) is 6.07 Å². The molecule has 0 fully saturated rings. The maximum atomic E-state index is 13.6. The summed E-state index contributed by atoms with van der Waals surface area (Å²) in [5.74, 6) is -0.871. The van der Waals surface area contributed by atoms with Gasteiger partial charge in [-0.05, 0) is 24.3 Å². The zero-order valence-electron chi connectivity index (χ0n) is 16.0. The molecule has 1 N–H and O–H groups in total. The molecule has 1 amide bonds. The lowest BCUT2D eigenvalue weighted by Crippen LogP contribution is -2.57. The molecule has 0 unspecified atom stereocenters. The second-order valence-electron chi connectivity index (χ2n) is 6.52. The van der Waals surface area contributed by atoms with Crippen molar-refractivity contribution in [1.82, 2.24) is 5.01 Å². The molecule has 31 heavy (non-hydrogen) atoms. The van der Waals surface area contributed by atoms with Gasteiger partial charge in [0.25, 0.3) is 17.3 Å². The number of carbonyl (C=O) groups excluding carboxylic acids is 1. The third-order valence-corrected chi connectivity index (χ3v) is 4.49. The lowest BCUT2D eigenvalue weighted by Gasteiger charge is -2.32. The molecule has 0 bridgehead atoms. The summed E-state index contributed by atoms with van der Waals surface area (Å²) in [4.78, 5) is 22.5. The van der Waals surface area contributed by atoms with E-state index in [1.807, 2.05) is 0 Å². The summed E-state index contributed by atoms with van der Waals surface area (Å²) in [7, 11) is 1.38. The molecule has 0 aliphatic carbocycles. The van der Waals surface area contributed by atoms with Crippen LogP contribution in [0.5, 0.6) is 11.5 Å². The van der Waals surface area contributed by atoms with Crippen molar-refractivity contribution >= 4 is 17.3 Å². The number of nitro groups is 1. The van der Waals surface area contributed by atoms with Gasteiger partial charge in [-0.3, -0.25) is 14.9 Å². The number of halogens is 3. The van der Waals surface area contributed by atoms with Crippen LogP contribution in [0.15, 0.2) is 53.6 Å². The lowest BCUT2D eigenvalue weighted by atomic mass is 10.0. The average molecular weight is 439 g/mol. The van der Waals surface area contributed by atoms with Gasteiger partial charge in [0, 0.05) is 17.7 Å². The van der Waals surface area contributed by atoms with Crippen molar-refractivity contribution in [1.29, 1.82) is 0 Å². The van der Waals surface area contributed by atoms with Crippen LogP contribution in [0.1, 0.15) is 12.0 Å². The molecular formula is C19H16F3N3O6. The molecule has 1 aliphatic heterocycles. The number of hydrogen-bond donors (Lipinski definition) is 1. The second-order valence-corrected chi connectivity index (χ2v) is 6.52. The predicted octanol–water partition coefficient (Wildman–Crippen LogP) is 2.87. The van der Waals surface area contributed by atoms with Crippen molar-refractivity contribution < 1.29 is 37.5 Å². The van der Waals surface area contributed by atoms with E-state index in [-0.39, 0.29) is 27.7 Å². The largest absolute Gasteiger partial charge is 0.497 e. The number of rotatable bonds is 6. The highest BCUT2D eigenvalue weighted by Gasteiger charge is 2.63. The van der Waals surface area contributed by atoms with Gasteiger partial charge in [-0.15, -0.1) is 0 Å². The normalized spacial score (nSPS) is 18.5. The molecule has 3 rings (SSSR count).